The van der Waals surface area contributed by atoms with E-state index >= 15 is 0 Å². The smallest absolute Gasteiger partial charge is 0.342 e. The average Bonchev–Trinajstić information content (AvgIpc) is 2.70. The fourth-order valence-electron chi connectivity index (χ4n) is 2.77. The van der Waals surface area contributed by atoms with Crippen molar-refractivity contribution in [3.8, 4) is 5.75 Å². The predicted octanol–water partition coefficient (Wildman–Crippen LogP) is 5.65. The van der Waals surface area contributed by atoms with Crippen LogP contribution in [0.1, 0.15) is 61.0 Å². The maximum Gasteiger partial charge on any atom is 0.342 e. The van der Waals surface area contributed by atoms with Gasteiger partial charge in [-0.1, -0.05) is 57.4 Å². The lowest BCUT2D eigenvalue weighted by Gasteiger charge is -2.04. The minimum absolute atomic E-state index is 0.448. The zero-order valence-electron chi connectivity index (χ0n) is 16.6. The summed E-state index contributed by atoms with van der Waals surface area (Å²) in [7, 11) is 0. The van der Waals surface area contributed by atoms with Crippen LogP contribution in [0.4, 0.5) is 0 Å². The Bertz CT molecular complexity index is 773. The number of unbranched alkanes of at least 4 members (excludes halogenated alkanes) is 2. The van der Waals surface area contributed by atoms with E-state index in [4.69, 9.17) is 9.47 Å². The number of carbonyl (C=O) groups is 2. The van der Waals surface area contributed by atoms with Gasteiger partial charge in [0.05, 0.1) is 11.6 Å². The number of rotatable bonds is 10. The molecule has 0 radical (unpaired) electrons. The van der Waals surface area contributed by atoms with Crippen molar-refractivity contribution in [2.75, 3.05) is 0 Å². The molecule has 0 amide bonds. The second kappa shape index (κ2) is 11.8. The molecule has 28 heavy (non-hydrogen) atoms. The van der Waals surface area contributed by atoms with E-state index in [0.29, 0.717) is 11.3 Å². The molecule has 0 aromatic heterocycles. The highest BCUT2D eigenvalue weighted by Crippen LogP contribution is 2.14. The van der Waals surface area contributed by atoms with Gasteiger partial charge in [0.2, 0.25) is 0 Å². The largest absolute Gasteiger partial charge is 0.431 e. The minimum Gasteiger partial charge on any atom is -0.431 e. The maximum atomic E-state index is 12.0. The van der Waals surface area contributed by atoms with Gasteiger partial charge < -0.3 is 9.47 Å². The van der Waals surface area contributed by atoms with Crippen molar-refractivity contribution in [1.29, 1.82) is 0 Å². The van der Waals surface area contributed by atoms with Crippen molar-refractivity contribution in [2.24, 2.45) is 0 Å². The molecular formula is C24H28O4. The zero-order chi connectivity index (χ0) is 20.2. The fourth-order valence-corrected chi connectivity index (χ4v) is 2.77. The molecule has 4 nitrogen and oxygen atoms in total. The quantitative estimate of drug-likeness (QED) is 0.176. The molecular weight excluding hydrogens is 352 g/mol. The molecule has 0 saturated carbocycles. The second-order valence-corrected chi connectivity index (χ2v) is 6.68. The number of hydrogen-bond donors (Lipinski definition) is 0. The van der Waals surface area contributed by atoms with Crippen LogP contribution in [0.5, 0.6) is 5.75 Å². The zero-order valence-corrected chi connectivity index (χ0v) is 16.6. The second-order valence-electron chi connectivity index (χ2n) is 6.68. The molecule has 0 aliphatic heterocycles. The normalized spacial score (nSPS) is 10.8. The van der Waals surface area contributed by atoms with E-state index in [0.717, 1.165) is 38.0 Å². The number of hydrogen-bond acceptors (Lipinski definition) is 4. The maximum absolute atomic E-state index is 12.0. The monoisotopic (exact) mass is 380 g/mol. The molecule has 4 heteroatoms. The van der Waals surface area contributed by atoms with Crippen molar-refractivity contribution >= 4 is 11.9 Å². The predicted molar refractivity (Wildman–Crippen MR) is 110 cm³/mol. The van der Waals surface area contributed by atoms with Gasteiger partial charge in [0.1, 0.15) is 12.0 Å². The summed E-state index contributed by atoms with van der Waals surface area (Å²) in [5.41, 5.74) is 2.85. The summed E-state index contributed by atoms with van der Waals surface area (Å²) >= 11 is 0. The molecule has 0 bridgehead atoms. The highest BCUT2D eigenvalue weighted by atomic mass is 16.5. The van der Waals surface area contributed by atoms with Gasteiger partial charge in [-0.05, 0) is 54.7 Å². The van der Waals surface area contributed by atoms with Gasteiger partial charge in [-0.3, -0.25) is 0 Å². The third-order valence-electron chi connectivity index (χ3n) is 4.32. The van der Waals surface area contributed by atoms with Crippen LogP contribution in [-0.4, -0.2) is 11.9 Å². The summed E-state index contributed by atoms with van der Waals surface area (Å²) in [6.07, 6.45) is 8.75. The van der Waals surface area contributed by atoms with Gasteiger partial charge in [-0.2, -0.15) is 0 Å². The fraction of sp³-hybridized carbons (Fsp3) is 0.333. The Kier molecular flexibility index (Phi) is 8.99. The molecule has 0 heterocycles. The summed E-state index contributed by atoms with van der Waals surface area (Å²) in [6, 6.07) is 14.7. The Balaban J connectivity index is 1.79. The van der Waals surface area contributed by atoms with Gasteiger partial charge in [-0.15, -0.1) is 0 Å². The first-order valence-corrected chi connectivity index (χ1v) is 9.89. The highest BCUT2D eigenvalue weighted by Gasteiger charge is 2.06. The lowest BCUT2D eigenvalue weighted by atomic mass is 10.1. The number of ether oxygens (including phenoxy) is 2. The van der Waals surface area contributed by atoms with Crippen LogP contribution < -0.4 is 4.74 Å². The van der Waals surface area contributed by atoms with Crippen molar-refractivity contribution in [3.05, 3.63) is 77.6 Å². The van der Waals surface area contributed by atoms with E-state index in [-0.39, 0.29) is 0 Å². The van der Waals surface area contributed by atoms with Gasteiger partial charge in [0.25, 0.3) is 0 Å². The summed E-state index contributed by atoms with van der Waals surface area (Å²) in [4.78, 5) is 23.8. The Morgan fingerprint density at radius 2 is 1.46 bits per heavy atom. The van der Waals surface area contributed by atoms with Crippen molar-refractivity contribution in [3.63, 3.8) is 0 Å². The molecule has 0 unspecified atom stereocenters. The van der Waals surface area contributed by atoms with Crippen molar-refractivity contribution < 1.29 is 19.1 Å². The SMILES string of the molecule is CCCCCc1ccc(C(=O)O/C=C/C(=O)Oc2ccc(CCC)cc2)cc1. The van der Waals surface area contributed by atoms with E-state index in [1.807, 2.05) is 24.3 Å². The minimum atomic E-state index is -0.595. The van der Waals surface area contributed by atoms with Crippen LogP contribution in [-0.2, 0) is 22.4 Å². The lowest BCUT2D eigenvalue weighted by Crippen LogP contribution is -2.05. The Hall–Kier alpha value is -2.88. The first-order valence-electron chi connectivity index (χ1n) is 9.89. The van der Waals surface area contributed by atoms with Crippen LogP contribution in [0.3, 0.4) is 0 Å². The molecule has 0 aliphatic carbocycles. The first kappa shape index (κ1) is 21.4. The molecule has 0 N–H and O–H groups in total. The van der Waals surface area contributed by atoms with Gasteiger partial charge in [0, 0.05) is 0 Å². The highest BCUT2D eigenvalue weighted by molar-refractivity contribution is 5.90. The third-order valence-corrected chi connectivity index (χ3v) is 4.32. The molecule has 0 spiro atoms. The lowest BCUT2D eigenvalue weighted by molar-refractivity contribution is -0.129. The van der Waals surface area contributed by atoms with Crippen molar-refractivity contribution in [1.82, 2.24) is 0 Å². The topological polar surface area (TPSA) is 52.6 Å². The third kappa shape index (κ3) is 7.39. The Labute approximate surface area is 167 Å². The Morgan fingerprint density at radius 3 is 2.11 bits per heavy atom. The van der Waals surface area contributed by atoms with Crippen LogP contribution in [0.15, 0.2) is 60.9 Å². The molecule has 2 rings (SSSR count). The summed E-state index contributed by atoms with van der Waals surface area (Å²) in [5, 5.41) is 0. The molecule has 2 aromatic rings. The molecule has 0 saturated heterocycles. The van der Waals surface area contributed by atoms with E-state index in [1.54, 1.807) is 24.3 Å². The van der Waals surface area contributed by atoms with E-state index in [1.165, 1.54) is 24.0 Å². The van der Waals surface area contributed by atoms with Crippen LogP contribution in [0, 0.1) is 0 Å². The average molecular weight is 380 g/mol. The van der Waals surface area contributed by atoms with Crippen molar-refractivity contribution in [2.45, 2.75) is 52.4 Å². The number of carbonyl (C=O) groups excluding carboxylic acids is 2. The molecule has 2 aromatic carbocycles. The molecule has 0 aliphatic rings. The number of benzene rings is 2. The summed E-state index contributed by atoms with van der Waals surface area (Å²) in [6.45, 7) is 4.29. The standard InChI is InChI=1S/C24H28O4/c1-3-5-6-8-20-9-13-21(14-10-20)24(26)27-18-17-23(25)28-22-15-11-19(7-4-2)12-16-22/h9-18H,3-8H2,1-2H3/b18-17+. The van der Waals surface area contributed by atoms with Crippen LogP contribution in [0.2, 0.25) is 0 Å². The molecule has 0 fully saturated rings. The van der Waals surface area contributed by atoms with Gasteiger partial charge in [-0.25, -0.2) is 9.59 Å². The van der Waals surface area contributed by atoms with E-state index < -0.39 is 11.9 Å². The molecule has 148 valence electrons. The van der Waals surface area contributed by atoms with E-state index in [2.05, 4.69) is 13.8 Å². The van der Waals surface area contributed by atoms with Crippen LogP contribution >= 0.6 is 0 Å². The van der Waals surface area contributed by atoms with Gasteiger partial charge >= 0.3 is 11.9 Å². The first-order chi connectivity index (χ1) is 13.6. The number of esters is 2. The number of aryl methyl sites for hydroxylation is 2. The summed E-state index contributed by atoms with van der Waals surface area (Å²) in [5.74, 6) is -0.644. The van der Waals surface area contributed by atoms with Gasteiger partial charge in [0.15, 0.2) is 0 Å². The molecule has 0 atom stereocenters. The summed E-state index contributed by atoms with van der Waals surface area (Å²) < 4.78 is 10.2. The van der Waals surface area contributed by atoms with Crippen LogP contribution in [0.25, 0.3) is 0 Å². The van der Waals surface area contributed by atoms with E-state index in [9.17, 15) is 9.59 Å². The Morgan fingerprint density at radius 1 is 0.821 bits per heavy atom.